The van der Waals surface area contributed by atoms with Crippen molar-refractivity contribution in [2.45, 2.75) is 6.17 Å². The average Bonchev–Trinajstić information content (AvgIpc) is 3.05. The van der Waals surface area contributed by atoms with Crippen LogP contribution in [-0.4, -0.2) is 54.4 Å². The SMILES string of the molecule is CN(C)CC1=C(O)C2NC=C(c3ccc4c(c3)OCO4)C(=O)N2C=C1. The van der Waals surface area contributed by atoms with E-state index in [1.807, 2.05) is 25.1 Å². The van der Waals surface area contributed by atoms with Crippen LogP contribution in [-0.2, 0) is 4.79 Å². The molecule has 3 aliphatic heterocycles. The van der Waals surface area contributed by atoms with Crippen LogP contribution in [0.5, 0.6) is 11.5 Å². The minimum Gasteiger partial charge on any atom is -0.508 e. The molecular formula is C18H19N3O4. The number of hydrogen-bond acceptors (Lipinski definition) is 6. The van der Waals surface area contributed by atoms with E-state index in [1.54, 1.807) is 30.6 Å². The van der Waals surface area contributed by atoms with E-state index in [4.69, 9.17) is 9.47 Å². The molecule has 4 rings (SSSR count). The molecule has 0 bridgehead atoms. The fraction of sp³-hybridized carbons (Fsp3) is 0.278. The highest BCUT2D eigenvalue weighted by Crippen LogP contribution is 2.36. The van der Waals surface area contributed by atoms with Crippen molar-refractivity contribution < 1.29 is 19.4 Å². The van der Waals surface area contributed by atoms with Gasteiger partial charge in [-0.1, -0.05) is 6.07 Å². The largest absolute Gasteiger partial charge is 0.508 e. The average molecular weight is 341 g/mol. The summed E-state index contributed by atoms with van der Waals surface area (Å²) in [4.78, 5) is 16.3. The number of hydrogen-bond donors (Lipinski definition) is 2. The fourth-order valence-corrected chi connectivity index (χ4v) is 3.10. The van der Waals surface area contributed by atoms with Crippen LogP contribution in [0.4, 0.5) is 0 Å². The Hall–Kier alpha value is -2.93. The van der Waals surface area contributed by atoms with Gasteiger partial charge in [0.15, 0.2) is 17.7 Å². The lowest BCUT2D eigenvalue weighted by Gasteiger charge is -2.36. The zero-order valence-corrected chi connectivity index (χ0v) is 14.0. The highest BCUT2D eigenvalue weighted by molar-refractivity contribution is 6.20. The summed E-state index contributed by atoms with van der Waals surface area (Å²) in [6.07, 6.45) is 4.54. The Morgan fingerprint density at radius 3 is 2.92 bits per heavy atom. The first-order chi connectivity index (χ1) is 12.0. The first-order valence-electron chi connectivity index (χ1n) is 7.98. The van der Waals surface area contributed by atoms with Gasteiger partial charge in [0, 0.05) is 24.5 Å². The molecule has 25 heavy (non-hydrogen) atoms. The predicted octanol–water partition coefficient (Wildman–Crippen LogP) is 1.42. The van der Waals surface area contributed by atoms with Crippen LogP contribution in [0.1, 0.15) is 5.56 Å². The summed E-state index contributed by atoms with van der Waals surface area (Å²) < 4.78 is 10.7. The van der Waals surface area contributed by atoms with Crippen molar-refractivity contribution in [1.82, 2.24) is 15.1 Å². The smallest absolute Gasteiger partial charge is 0.261 e. The second-order valence-corrected chi connectivity index (χ2v) is 6.37. The fourth-order valence-electron chi connectivity index (χ4n) is 3.10. The van der Waals surface area contributed by atoms with E-state index in [-0.39, 0.29) is 18.5 Å². The molecule has 3 aliphatic rings. The Bertz CT molecular complexity index is 826. The summed E-state index contributed by atoms with van der Waals surface area (Å²) in [5.74, 6) is 1.27. The zero-order chi connectivity index (χ0) is 17.6. The number of carbonyl (C=O) groups excluding carboxylic acids is 1. The molecule has 1 aromatic rings. The first-order valence-corrected chi connectivity index (χ1v) is 7.98. The Kier molecular flexibility index (Phi) is 3.65. The molecule has 0 aliphatic carbocycles. The lowest BCUT2D eigenvalue weighted by molar-refractivity contribution is -0.125. The molecule has 2 N–H and O–H groups in total. The van der Waals surface area contributed by atoms with Gasteiger partial charge < -0.3 is 24.8 Å². The topological polar surface area (TPSA) is 74.3 Å². The highest BCUT2D eigenvalue weighted by Gasteiger charge is 2.35. The van der Waals surface area contributed by atoms with Gasteiger partial charge in [0.2, 0.25) is 6.79 Å². The van der Waals surface area contributed by atoms with Crippen LogP contribution < -0.4 is 14.8 Å². The maximum Gasteiger partial charge on any atom is 0.261 e. The monoisotopic (exact) mass is 341 g/mol. The van der Waals surface area contributed by atoms with Gasteiger partial charge >= 0.3 is 0 Å². The third-order valence-corrected chi connectivity index (χ3v) is 4.32. The van der Waals surface area contributed by atoms with Crippen LogP contribution in [0.25, 0.3) is 5.57 Å². The quantitative estimate of drug-likeness (QED) is 0.866. The number of amides is 1. The normalized spacial score (nSPS) is 21.4. The Balaban J connectivity index is 1.64. The molecule has 7 nitrogen and oxygen atoms in total. The maximum atomic E-state index is 12.9. The lowest BCUT2D eigenvalue weighted by atomic mass is 10.0. The zero-order valence-electron chi connectivity index (χ0n) is 14.0. The van der Waals surface area contributed by atoms with Crippen LogP contribution >= 0.6 is 0 Å². The van der Waals surface area contributed by atoms with Crippen molar-refractivity contribution in [1.29, 1.82) is 0 Å². The Morgan fingerprint density at radius 1 is 1.32 bits per heavy atom. The van der Waals surface area contributed by atoms with E-state index in [1.165, 1.54) is 4.90 Å². The van der Waals surface area contributed by atoms with Gasteiger partial charge in [0.05, 0.1) is 5.57 Å². The summed E-state index contributed by atoms with van der Waals surface area (Å²) in [5, 5.41) is 13.6. The number of benzene rings is 1. The Morgan fingerprint density at radius 2 is 2.12 bits per heavy atom. The number of nitrogens with one attached hydrogen (secondary N) is 1. The summed E-state index contributed by atoms with van der Waals surface area (Å²) in [6, 6.07) is 5.39. The summed E-state index contributed by atoms with van der Waals surface area (Å²) in [5.41, 5.74) is 2.02. The van der Waals surface area contributed by atoms with E-state index in [2.05, 4.69) is 5.32 Å². The van der Waals surface area contributed by atoms with Crippen molar-refractivity contribution in [3.05, 3.63) is 53.6 Å². The van der Waals surface area contributed by atoms with Gasteiger partial charge in [-0.05, 0) is 37.9 Å². The van der Waals surface area contributed by atoms with Gasteiger partial charge in [-0.3, -0.25) is 9.69 Å². The summed E-state index contributed by atoms with van der Waals surface area (Å²) in [6.45, 7) is 0.787. The number of fused-ring (bicyclic) bond motifs is 2. The third-order valence-electron chi connectivity index (χ3n) is 4.32. The molecule has 0 spiro atoms. The van der Waals surface area contributed by atoms with Gasteiger partial charge in [0.25, 0.3) is 5.91 Å². The molecule has 1 atom stereocenters. The molecule has 0 saturated carbocycles. The van der Waals surface area contributed by atoms with Crippen LogP contribution in [0, 0.1) is 0 Å². The van der Waals surface area contributed by atoms with Crippen molar-refractivity contribution in [3.63, 3.8) is 0 Å². The number of likely N-dealkylation sites (N-methyl/N-ethyl adjacent to an activating group) is 1. The molecule has 130 valence electrons. The van der Waals surface area contributed by atoms with Gasteiger partial charge in [-0.15, -0.1) is 0 Å². The first kappa shape index (κ1) is 15.6. The molecule has 1 amide bonds. The number of aliphatic hydroxyl groups is 1. The van der Waals surface area contributed by atoms with Crippen molar-refractivity contribution in [2.24, 2.45) is 0 Å². The van der Waals surface area contributed by atoms with Gasteiger partial charge in [-0.25, -0.2) is 0 Å². The number of carbonyl (C=O) groups is 1. The maximum absolute atomic E-state index is 12.9. The molecule has 0 fully saturated rings. The molecule has 0 radical (unpaired) electrons. The molecule has 3 heterocycles. The van der Waals surface area contributed by atoms with Crippen LogP contribution in [0.3, 0.4) is 0 Å². The molecule has 0 saturated heterocycles. The predicted molar refractivity (Wildman–Crippen MR) is 91.7 cm³/mol. The molecule has 7 heteroatoms. The van der Waals surface area contributed by atoms with Crippen molar-refractivity contribution >= 4 is 11.5 Å². The van der Waals surface area contributed by atoms with E-state index in [0.29, 0.717) is 23.6 Å². The van der Waals surface area contributed by atoms with Crippen molar-refractivity contribution in [2.75, 3.05) is 27.4 Å². The third kappa shape index (κ3) is 2.62. The van der Waals surface area contributed by atoms with Gasteiger partial charge in [0.1, 0.15) is 5.76 Å². The van der Waals surface area contributed by atoms with Crippen molar-refractivity contribution in [3.8, 4) is 11.5 Å². The minimum absolute atomic E-state index is 0.158. The number of aliphatic hydroxyl groups excluding tert-OH is 1. The van der Waals surface area contributed by atoms with Crippen LogP contribution in [0.2, 0.25) is 0 Å². The minimum atomic E-state index is -0.579. The van der Waals surface area contributed by atoms with E-state index >= 15 is 0 Å². The summed E-state index contributed by atoms with van der Waals surface area (Å²) in [7, 11) is 3.86. The second-order valence-electron chi connectivity index (χ2n) is 6.37. The molecular weight excluding hydrogens is 322 g/mol. The van der Waals surface area contributed by atoms with Crippen LogP contribution in [0.15, 0.2) is 48.0 Å². The number of nitrogens with zero attached hydrogens (tertiary/aromatic N) is 2. The molecule has 1 unspecified atom stereocenters. The summed E-state index contributed by atoms with van der Waals surface area (Å²) >= 11 is 0. The van der Waals surface area contributed by atoms with E-state index in [0.717, 1.165) is 11.1 Å². The number of ether oxygens (including phenoxy) is 2. The highest BCUT2D eigenvalue weighted by atomic mass is 16.7. The lowest BCUT2D eigenvalue weighted by Crippen LogP contribution is -2.51. The Labute approximate surface area is 145 Å². The standard InChI is InChI=1S/C18H19N3O4/c1-20(2)9-12-5-6-21-17(16(12)22)19-8-13(18(21)23)11-3-4-14-15(7-11)25-10-24-14/h3-8,17,19,22H,9-10H2,1-2H3. The number of rotatable bonds is 3. The molecule has 1 aromatic carbocycles. The molecule has 0 aromatic heterocycles. The van der Waals surface area contributed by atoms with E-state index < -0.39 is 6.17 Å². The van der Waals surface area contributed by atoms with Gasteiger partial charge in [-0.2, -0.15) is 0 Å². The second kappa shape index (κ2) is 5.86. The van der Waals surface area contributed by atoms with E-state index in [9.17, 15) is 9.90 Å².